The van der Waals surface area contributed by atoms with Crippen LogP contribution < -0.4 is 0 Å². The SMILES string of the molecule is CC1CSCCN1C(=O)N1CCCC1(C)C(=O)O. The zero-order valence-electron chi connectivity index (χ0n) is 10.9. The van der Waals surface area contributed by atoms with Crippen LogP contribution in [-0.2, 0) is 4.79 Å². The maximum atomic E-state index is 12.5. The standard InChI is InChI=1S/C12H20N2O3S/c1-9-8-18-7-6-13(9)11(17)14-5-3-4-12(14,2)10(15)16/h9H,3-8H2,1-2H3,(H,15,16). The number of rotatable bonds is 1. The lowest BCUT2D eigenvalue weighted by Gasteiger charge is -2.40. The smallest absolute Gasteiger partial charge is 0.329 e. The molecule has 2 amide bonds. The van der Waals surface area contributed by atoms with Gasteiger partial charge in [-0.05, 0) is 26.7 Å². The molecule has 5 nitrogen and oxygen atoms in total. The molecule has 102 valence electrons. The highest BCUT2D eigenvalue weighted by molar-refractivity contribution is 7.99. The first kappa shape index (κ1) is 13.5. The summed E-state index contributed by atoms with van der Waals surface area (Å²) in [5.74, 6) is 0.976. The maximum Gasteiger partial charge on any atom is 0.329 e. The monoisotopic (exact) mass is 272 g/mol. The number of aliphatic carboxylic acids is 1. The highest BCUT2D eigenvalue weighted by Crippen LogP contribution is 2.31. The van der Waals surface area contributed by atoms with Gasteiger partial charge in [-0.3, -0.25) is 0 Å². The zero-order chi connectivity index (χ0) is 13.3. The van der Waals surface area contributed by atoms with Crippen molar-refractivity contribution in [1.29, 1.82) is 0 Å². The molecule has 2 heterocycles. The van der Waals surface area contributed by atoms with Gasteiger partial charge < -0.3 is 14.9 Å². The number of carbonyl (C=O) groups excluding carboxylic acids is 1. The fraction of sp³-hybridized carbons (Fsp3) is 0.833. The van der Waals surface area contributed by atoms with Crippen molar-refractivity contribution in [3.63, 3.8) is 0 Å². The Kier molecular flexibility index (Phi) is 3.75. The fourth-order valence-corrected chi connectivity index (χ4v) is 3.67. The van der Waals surface area contributed by atoms with Crippen molar-refractivity contribution in [2.75, 3.05) is 24.6 Å². The predicted molar refractivity (Wildman–Crippen MR) is 70.9 cm³/mol. The topological polar surface area (TPSA) is 60.9 Å². The quantitative estimate of drug-likeness (QED) is 0.785. The van der Waals surface area contributed by atoms with E-state index in [1.807, 2.05) is 23.6 Å². The molecule has 6 heteroatoms. The van der Waals surface area contributed by atoms with Gasteiger partial charge in [0, 0.05) is 30.6 Å². The first-order chi connectivity index (χ1) is 8.47. The van der Waals surface area contributed by atoms with Crippen molar-refractivity contribution >= 4 is 23.8 Å². The van der Waals surface area contributed by atoms with E-state index < -0.39 is 11.5 Å². The van der Waals surface area contributed by atoms with Gasteiger partial charge in [0.05, 0.1) is 0 Å². The third kappa shape index (κ3) is 2.18. The molecule has 0 aromatic carbocycles. The van der Waals surface area contributed by atoms with E-state index in [2.05, 4.69) is 0 Å². The molecule has 2 aliphatic rings. The summed E-state index contributed by atoms with van der Waals surface area (Å²) >= 11 is 1.84. The number of carbonyl (C=O) groups is 2. The molecule has 0 aromatic rings. The predicted octanol–water partition coefficient (Wildman–Crippen LogP) is 1.48. The molecule has 0 radical (unpaired) electrons. The van der Waals surface area contributed by atoms with E-state index in [0.717, 1.165) is 24.5 Å². The Morgan fingerprint density at radius 2 is 2.11 bits per heavy atom. The van der Waals surface area contributed by atoms with Crippen LogP contribution in [0.5, 0.6) is 0 Å². The van der Waals surface area contributed by atoms with E-state index in [0.29, 0.717) is 13.0 Å². The van der Waals surface area contributed by atoms with Gasteiger partial charge >= 0.3 is 12.0 Å². The Morgan fingerprint density at radius 3 is 2.72 bits per heavy atom. The van der Waals surface area contributed by atoms with E-state index in [4.69, 9.17) is 0 Å². The maximum absolute atomic E-state index is 12.5. The number of thioether (sulfide) groups is 1. The van der Waals surface area contributed by atoms with Crippen molar-refractivity contribution in [3.8, 4) is 0 Å². The van der Waals surface area contributed by atoms with E-state index in [-0.39, 0.29) is 12.1 Å². The molecular formula is C12H20N2O3S. The highest BCUT2D eigenvalue weighted by Gasteiger charge is 2.47. The first-order valence-electron chi connectivity index (χ1n) is 6.36. The molecule has 2 rings (SSSR count). The number of nitrogens with zero attached hydrogens (tertiary/aromatic N) is 2. The van der Waals surface area contributed by atoms with E-state index in [9.17, 15) is 14.7 Å². The number of hydrogen-bond acceptors (Lipinski definition) is 3. The number of urea groups is 1. The van der Waals surface area contributed by atoms with Gasteiger partial charge in [0.25, 0.3) is 0 Å². The molecular weight excluding hydrogens is 252 g/mol. The van der Waals surface area contributed by atoms with Crippen molar-refractivity contribution in [3.05, 3.63) is 0 Å². The summed E-state index contributed by atoms with van der Waals surface area (Å²) in [7, 11) is 0. The van der Waals surface area contributed by atoms with Gasteiger partial charge in [0.1, 0.15) is 5.54 Å². The molecule has 0 aromatic heterocycles. The molecule has 0 aliphatic carbocycles. The number of hydrogen-bond donors (Lipinski definition) is 1. The van der Waals surface area contributed by atoms with Gasteiger partial charge in [-0.15, -0.1) is 0 Å². The number of carboxylic acids is 1. The van der Waals surface area contributed by atoms with Crippen LogP contribution in [0.2, 0.25) is 0 Å². The largest absolute Gasteiger partial charge is 0.480 e. The lowest BCUT2D eigenvalue weighted by Crippen LogP contribution is -2.58. The van der Waals surface area contributed by atoms with Gasteiger partial charge in [-0.1, -0.05) is 0 Å². The molecule has 1 N–H and O–H groups in total. The van der Waals surface area contributed by atoms with E-state index in [1.165, 1.54) is 0 Å². The second-order valence-corrected chi connectivity index (χ2v) is 6.38. The van der Waals surface area contributed by atoms with Gasteiger partial charge in [0.15, 0.2) is 0 Å². The third-order valence-electron chi connectivity index (χ3n) is 3.95. The van der Waals surface area contributed by atoms with Crippen LogP contribution in [0.25, 0.3) is 0 Å². The Hall–Kier alpha value is -0.910. The van der Waals surface area contributed by atoms with Crippen molar-refractivity contribution in [1.82, 2.24) is 9.80 Å². The molecule has 18 heavy (non-hydrogen) atoms. The summed E-state index contributed by atoms with van der Waals surface area (Å²) < 4.78 is 0. The second-order valence-electron chi connectivity index (χ2n) is 5.23. The molecule has 2 saturated heterocycles. The number of carboxylic acid groups (broad SMARTS) is 1. The molecule has 2 unspecified atom stereocenters. The summed E-state index contributed by atoms with van der Waals surface area (Å²) in [5.41, 5.74) is -1.03. The van der Waals surface area contributed by atoms with Crippen molar-refractivity contribution in [2.45, 2.75) is 38.3 Å². The molecule has 0 spiro atoms. The van der Waals surface area contributed by atoms with Gasteiger partial charge in [-0.2, -0.15) is 11.8 Å². The molecule has 2 atom stereocenters. The second kappa shape index (κ2) is 4.99. The lowest BCUT2D eigenvalue weighted by atomic mass is 9.99. The molecule has 2 aliphatic heterocycles. The van der Waals surface area contributed by atoms with Gasteiger partial charge in [-0.25, -0.2) is 9.59 Å². The summed E-state index contributed by atoms with van der Waals surface area (Å²) in [6.45, 7) is 4.96. The minimum atomic E-state index is -1.03. The normalized spacial score (nSPS) is 32.7. The summed E-state index contributed by atoms with van der Waals surface area (Å²) in [5, 5.41) is 9.34. The summed E-state index contributed by atoms with van der Waals surface area (Å²) in [6.07, 6.45) is 1.32. The minimum Gasteiger partial charge on any atom is -0.480 e. The van der Waals surface area contributed by atoms with Crippen LogP contribution in [0.15, 0.2) is 0 Å². The third-order valence-corrected chi connectivity index (χ3v) is 5.14. The van der Waals surface area contributed by atoms with Crippen LogP contribution in [0.1, 0.15) is 26.7 Å². The van der Waals surface area contributed by atoms with Gasteiger partial charge in [0.2, 0.25) is 0 Å². The first-order valence-corrected chi connectivity index (χ1v) is 7.51. The average molecular weight is 272 g/mol. The fourth-order valence-electron chi connectivity index (χ4n) is 2.66. The summed E-state index contributed by atoms with van der Waals surface area (Å²) in [4.78, 5) is 27.3. The summed E-state index contributed by atoms with van der Waals surface area (Å²) in [6, 6.07) is 0.0834. The minimum absolute atomic E-state index is 0.106. The average Bonchev–Trinajstić information content (AvgIpc) is 2.72. The van der Waals surface area contributed by atoms with Crippen LogP contribution in [-0.4, -0.2) is 63.1 Å². The lowest BCUT2D eigenvalue weighted by molar-refractivity contribution is -0.147. The Balaban J connectivity index is 2.15. The van der Waals surface area contributed by atoms with Crippen LogP contribution in [0, 0.1) is 0 Å². The Labute approximate surface area is 112 Å². The molecule has 0 bridgehead atoms. The highest BCUT2D eigenvalue weighted by atomic mass is 32.2. The van der Waals surface area contributed by atoms with E-state index in [1.54, 1.807) is 11.8 Å². The molecule has 2 fully saturated rings. The number of amides is 2. The van der Waals surface area contributed by atoms with Crippen LogP contribution in [0.3, 0.4) is 0 Å². The number of likely N-dealkylation sites (tertiary alicyclic amines) is 1. The van der Waals surface area contributed by atoms with Crippen molar-refractivity contribution in [2.24, 2.45) is 0 Å². The molecule has 0 saturated carbocycles. The zero-order valence-corrected chi connectivity index (χ0v) is 11.7. The Bertz CT molecular complexity index is 363. The van der Waals surface area contributed by atoms with Crippen molar-refractivity contribution < 1.29 is 14.7 Å². The Morgan fingerprint density at radius 1 is 1.39 bits per heavy atom. The van der Waals surface area contributed by atoms with Crippen LogP contribution >= 0.6 is 11.8 Å². The van der Waals surface area contributed by atoms with Crippen LogP contribution in [0.4, 0.5) is 4.79 Å². The van der Waals surface area contributed by atoms with E-state index >= 15 is 0 Å².